The van der Waals surface area contributed by atoms with Crippen LogP contribution in [0, 0.1) is 18.3 Å². The first-order valence-corrected chi connectivity index (χ1v) is 7.28. The predicted octanol–water partition coefficient (Wildman–Crippen LogP) is 1.14. The number of piperidine rings is 1. The lowest BCUT2D eigenvalue weighted by molar-refractivity contribution is 0.0125. The van der Waals surface area contributed by atoms with Crippen molar-refractivity contribution in [1.29, 1.82) is 0 Å². The second kappa shape index (κ2) is 10.2. The highest BCUT2D eigenvalue weighted by Crippen LogP contribution is 2.19. The molecule has 1 heterocycles. The van der Waals surface area contributed by atoms with Gasteiger partial charge in [0, 0.05) is 6.54 Å². The maximum Gasteiger partial charge on any atom is 0.137 e. The van der Waals surface area contributed by atoms with Gasteiger partial charge in [-0.25, -0.2) is 0 Å². The third kappa shape index (κ3) is 7.54. The highest BCUT2D eigenvalue weighted by atomic mass is 16.5. The minimum Gasteiger partial charge on any atom is -0.378 e. The van der Waals surface area contributed by atoms with Crippen LogP contribution in [0.1, 0.15) is 26.2 Å². The molecule has 0 aromatic rings. The molecule has 0 aromatic carbocycles. The molecule has 0 radical (unpaired) electrons. The van der Waals surface area contributed by atoms with Crippen molar-refractivity contribution in [3.05, 3.63) is 0 Å². The number of hydrogen-bond donors (Lipinski definition) is 1. The second-order valence-corrected chi connectivity index (χ2v) is 5.06. The minimum atomic E-state index is -0.806. The monoisotopic (exact) mass is 269 g/mol. The molecule has 1 unspecified atom stereocenters. The zero-order valence-corrected chi connectivity index (χ0v) is 12.0. The third-order valence-electron chi connectivity index (χ3n) is 3.68. The van der Waals surface area contributed by atoms with Crippen molar-refractivity contribution in [2.24, 2.45) is 5.92 Å². The molecule has 0 bridgehead atoms. The largest absolute Gasteiger partial charge is 0.378 e. The molecule has 0 amide bonds. The molecule has 19 heavy (non-hydrogen) atoms. The Labute approximate surface area is 117 Å². The molecule has 0 saturated carbocycles. The first-order valence-electron chi connectivity index (χ1n) is 7.28. The summed E-state index contributed by atoms with van der Waals surface area (Å²) in [6.45, 7) is 7.66. The van der Waals surface area contributed by atoms with E-state index < -0.39 is 6.10 Å². The zero-order chi connectivity index (χ0) is 13.9. The van der Waals surface area contributed by atoms with Gasteiger partial charge in [-0.05, 0) is 31.8 Å². The Balaban J connectivity index is 1.88. The molecule has 1 aliphatic rings. The van der Waals surface area contributed by atoms with Gasteiger partial charge in [0.2, 0.25) is 0 Å². The van der Waals surface area contributed by atoms with E-state index in [0.717, 1.165) is 19.1 Å². The third-order valence-corrected chi connectivity index (χ3v) is 3.68. The summed E-state index contributed by atoms with van der Waals surface area (Å²) >= 11 is 0. The summed E-state index contributed by atoms with van der Waals surface area (Å²) < 4.78 is 10.7. The summed E-state index contributed by atoms with van der Waals surface area (Å²) in [5, 5.41) is 9.06. The molecule has 0 aromatic heterocycles. The number of ether oxygens (including phenoxy) is 2. The highest BCUT2D eigenvalue weighted by molar-refractivity contribution is 4.92. The number of terminal acetylenes is 1. The maximum absolute atomic E-state index is 9.06. The van der Waals surface area contributed by atoms with Gasteiger partial charge in [-0.3, -0.25) is 0 Å². The van der Waals surface area contributed by atoms with Crippen molar-refractivity contribution in [1.82, 2.24) is 4.90 Å². The van der Waals surface area contributed by atoms with Crippen molar-refractivity contribution < 1.29 is 14.6 Å². The normalized spacial score (nSPS) is 19.2. The van der Waals surface area contributed by atoms with Crippen LogP contribution in [0.15, 0.2) is 0 Å². The SMILES string of the molecule is C#CC(O)COCCOCCN1CCC(CC)CC1. The molecule has 1 aliphatic heterocycles. The van der Waals surface area contributed by atoms with Crippen molar-refractivity contribution in [3.8, 4) is 12.3 Å². The molecule has 1 atom stereocenters. The van der Waals surface area contributed by atoms with Gasteiger partial charge >= 0.3 is 0 Å². The summed E-state index contributed by atoms with van der Waals surface area (Å²) in [4.78, 5) is 2.47. The van der Waals surface area contributed by atoms with Crippen LogP contribution < -0.4 is 0 Å². The lowest BCUT2D eigenvalue weighted by atomic mass is 9.94. The van der Waals surface area contributed by atoms with Crippen LogP contribution in [0.3, 0.4) is 0 Å². The Morgan fingerprint density at radius 1 is 1.26 bits per heavy atom. The van der Waals surface area contributed by atoms with Gasteiger partial charge in [0.15, 0.2) is 0 Å². The van der Waals surface area contributed by atoms with E-state index in [0.29, 0.717) is 13.2 Å². The molecule has 4 heteroatoms. The first kappa shape index (κ1) is 16.5. The standard InChI is InChI=1S/C15H27NO3/c1-3-14-5-7-16(8-6-14)9-10-18-11-12-19-13-15(17)4-2/h2,14-15,17H,3,5-13H2,1H3. The summed E-state index contributed by atoms with van der Waals surface area (Å²) in [5.74, 6) is 3.13. The lowest BCUT2D eigenvalue weighted by Crippen LogP contribution is -2.36. The number of nitrogens with zero attached hydrogens (tertiary/aromatic N) is 1. The quantitative estimate of drug-likeness (QED) is 0.503. The fraction of sp³-hybridized carbons (Fsp3) is 0.867. The van der Waals surface area contributed by atoms with Crippen molar-refractivity contribution in [3.63, 3.8) is 0 Å². The van der Waals surface area contributed by atoms with E-state index in [2.05, 4.69) is 17.7 Å². The summed E-state index contributed by atoms with van der Waals surface area (Å²) in [7, 11) is 0. The van der Waals surface area contributed by atoms with Gasteiger partial charge in [0.1, 0.15) is 6.10 Å². The van der Waals surface area contributed by atoms with Crippen LogP contribution in [0.2, 0.25) is 0 Å². The van der Waals surface area contributed by atoms with E-state index in [1.54, 1.807) is 0 Å². The Bertz CT molecular complexity index is 257. The number of hydrogen-bond acceptors (Lipinski definition) is 4. The molecule has 4 nitrogen and oxygen atoms in total. The van der Waals surface area contributed by atoms with E-state index >= 15 is 0 Å². The molecule has 1 N–H and O–H groups in total. The Morgan fingerprint density at radius 3 is 2.58 bits per heavy atom. The molecular weight excluding hydrogens is 242 g/mol. The predicted molar refractivity (Wildman–Crippen MR) is 75.9 cm³/mol. The molecule has 0 spiro atoms. The lowest BCUT2D eigenvalue weighted by Gasteiger charge is -2.31. The summed E-state index contributed by atoms with van der Waals surface area (Å²) in [6, 6.07) is 0. The molecule has 110 valence electrons. The van der Waals surface area contributed by atoms with Crippen molar-refractivity contribution >= 4 is 0 Å². The van der Waals surface area contributed by atoms with Crippen LogP contribution in [0.25, 0.3) is 0 Å². The van der Waals surface area contributed by atoms with E-state index in [1.165, 1.54) is 32.4 Å². The van der Waals surface area contributed by atoms with Gasteiger partial charge in [-0.15, -0.1) is 6.42 Å². The second-order valence-electron chi connectivity index (χ2n) is 5.06. The summed E-state index contributed by atoms with van der Waals surface area (Å²) in [6.07, 6.45) is 8.17. The van der Waals surface area contributed by atoms with Crippen LogP contribution in [-0.4, -0.2) is 62.2 Å². The van der Waals surface area contributed by atoms with Crippen LogP contribution in [0.4, 0.5) is 0 Å². The maximum atomic E-state index is 9.06. The van der Waals surface area contributed by atoms with E-state index in [-0.39, 0.29) is 6.61 Å². The molecule has 1 fully saturated rings. The van der Waals surface area contributed by atoms with Crippen molar-refractivity contribution in [2.75, 3.05) is 46.1 Å². The topological polar surface area (TPSA) is 41.9 Å². The Morgan fingerprint density at radius 2 is 1.95 bits per heavy atom. The average molecular weight is 269 g/mol. The highest BCUT2D eigenvalue weighted by Gasteiger charge is 2.16. The smallest absolute Gasteiger partial charge is 0.137 e. The number of aliphatic hydroxyl groups excluding tert-OH is 1. The number of rotatable bonds is 9. The van der Waals surface area contributed by atoms with Crippen molar-refractivity contribution in [2.45, 2.75) is 32.3 Å². The van der Waals surface area contributed by atoms with Crippen LogP contribution in [0.5, 0.6) is 0 Å². The molecule has 1 saturated heterocycles. The molecule has 1 rings (SSSR count). The fourth-order valence-corrected chi connectivity index (χ4v) is 2.27. The Hall–Kier alpha value is -0.600. The number of aliphatic hydroxyl groups is 1. The van der Waals surface area contributed by atoms with Gasteiger partial charge in [0.05, 0.1) is 26.4 Å². The van der Waals surface area contributed by atoms with Gasteiger partial charge in [0.25, 0.3) is 0 Å². The van der Waals surface area contributed by atoms with E-state index in [9.17, 15) is 0 Å². The van der Waals surface area contributed by atoms with Gasteiger partial charge in [-0.2, -0.15) is 0 Å². The van der Waals surface area contributed by atoms with Crippen LogP contribution in [-0.2, 0) is 9.47 Å². The fourth-order valence-electron chi connectivity index (χ4n) is 2.27. The number of likely N-dealkylation sites (tertiary alicyclic amines) is 1. The van der Waals surface area contributed by atoms with E-state index in [4.69, 9.17) is 21.0 Å². The zero-order valence-electron chi connectivity index (χ0n) is 12.0. The van der Waals surface area contributed by atoms with Gasteiger partial charge < -0.3 is 19.5 Å². The van der Waals surface area contributed by atoms with Crippen LogP contribution >= 0.6 is 0 Å². The Kier molecular flexibility index (Phi) is 8.85. The minimum absolute atomic E-state index is 0.185. The van der Waals surface area contributed by atoms with Gasteiger partial charge in [-0.1, -0.05) is 19.3 Å². The average Bonchev–Trinajstić information content (AvgIpc) is 2.46. The summed E-state index contributed by atoms with van der Waals surface area (Å²) in [5.41, 5.74) is 0. The first-order chi connectivity index (χ1) is 9.26. The van der Waals surface area contributed by atoms with E-state index in [1.807, 2.05) is 0 Å². The molecule has 0 aliphatic carbocycles. The molecular formula is C15H27NO3.